The minimum absolute atomic E-state index is 0.134. The number of aromatic nitrogens is 3. The molecule has 11 heteroatoms. The number of fused-ring (bicyclic) bond motifs is 1. The van der Waals surface area contributed by atoms with E-state index < -0.39 is 23.3 Å². The molecule has 42 heavy (non-hydrogen) atoms. The molecule has 2 aliphatic rings. The van der Waals surface area contributed by atoms with Crippen molar-refractivity contribution in [3.8, 4) is 11.1 Å². The Kier molecular flexibility index (Phi) is 6.78. The Bertz CT molecular complexity index is 1690. The summed E-state index contributed by atoms with van der Waals surface area (Å²) in [6, 6.07) is 8.80. The fourth-order valence-electron chi connectivity index (χ4n) is 6.12. The minimum Gasteiger partial charge on any atom is -0.444 e. The second-order valence-electron chi connectivity index (χ2n) is 12.0. The van der Waals surface area contributed by atoms with Crippen LogP contribution in [0.3, 0.4) is 0 Å². The number of nitrogens with zero attached hydrogens (tertiary/aromatic N) is 5. The molecule has 2 aromatic carbocycles. The first-order valence-corrected chi connectivity index (χ1v) is 14.1. The van der Waals surface area contributed by atoms with Crippen LogP contribution in [0.2, 0.25) is 0 Å². The van der Waals surface area contributed by atoms with Gasteiger partial charge in [0.1, 0.15) is 17.2 Å². The molecule has 4 heterocycles. The normalized spacial score (nSPS) is 19.4. The summed E-state index contributed by atoms with van der Waals surface area (Å²) in [6.45, 7) is 10.2. The highest BCUT2D eigenvalue weighted by Gasteiger charge is 2.40. The van der Waals surface area contributed by atoms with E-state index in [-0.39, 0.29) is 30.2 Å². The van der Waals surface area contributed by atoms with E-state index in [2.05, 4.69) is 9.72 Å². The van der Waals surface area contributed by atoms with E-state index >= 15 is 0 Å². The Morgan fingerprint density at radius 3 is 2.55 bits per heavy atom. The van der Waals surface area contributed by atoms with E-state index in [4.69, 9.17) is 14.2 Å². The summed E-state index contributed by atoms with van der Waals surface area (Å²) in [4.78, 5) is 34.3. The van der Waals surface area contributed by atoms with Crippen molar-refractivity contribution < 1.29 is 27.6 Å². The highest BCUT2D eigenvalue weighted by molar-refractivity contribution is 5.96. The van der Waals surface area contributed by atoms with Gasteiger partial charge in [-0.3, -0.25) is 4.79 Å². The maximum atomic E-state index is 14.3. The number of halogens is 2. The van der Waals surface area contributed by atoms with Gasteiger partial charge in [-0.05, 0) is 77.3 Å². The highest BCUT2D eigenvalue weighted by Crippen LogP contribution is 2.41. The van der Waals surface area contributed by atoms with Crippen molar-refractivity contribution in [3.05, 3.63) is 65.3 Å². The predicted molar refractivity (Wildman–Crippen MR) is 152 cm³/mol. The summed E-state index contributed by atoms with van der Waals surface area (Å²) in [5.41, 5.74) is 3.77. The zero-order valence-corrected chi connectivity index (χ0v) is 24.3. The van der Waals surface area contributed by atoms with Crippen LogP contribution < -0.4 is 4.90 Å². The monoisotopic (exact) mass is 577 g/mol. The van der Waals surface area contributed by atoms with Gasteiger partial charge in [-0.1, -0.05) is 11.2 Å². The van der Waals surface area contributed by atoms with Crippen LogP contribution in [0.1, 0.15) is 69.4 Å². The lowest BCUT2D eigenvalue weighted by atomic mass is 10.0. The molecule has 2 aliphatic heterocycles. The summed E-state index contributed by atoms with van der Waals surface area (Å²) in [6.07, 6.45) is 0.984. The average Bonchev–Trinajstić information content (AvgIpc) is 3.69. The van der Waals surface area contributed by atoms with E-state index in [0.717, 1.165) is 34.5 Å². The summed E-state index contributed by atoms with van der Waals surface area (Å²) in [7, 11) is 0. The number of hydrogen-bond donors (Lipinski definition) is 0. The third kappa shape index (κ3) is 4.90. The first-order valence-electron chi connectivity index (χ1n) is 14.1. The second kappa shape index (κ2) is 10.2. The number of benzene rings is 2. The van der Waals surface area contributed by atoms with Crippen molar-refractivity contribution in [1.82, 2.24) is 19.6 Å². The third-order valence-electron chi connectivity index (χ3n) is 7.91. The number of likely N-dealkylation sites (tertiary alicyclic amines) is 1. The standard InChI is InChI=1S/C31H33F2N5O4/c1-17-28(18(2)42-35-17)19-6-9-25-24(14-19)34-29(38(25)21-12-13-36(16-21)30(40)41-31(3,4)5)26-10-11-27(39)37(26)20-7-8-22(32)23(33)15-20/h6-9,14-15,21,26H,10-13,16H2,1-5H3. The smallest absolute Gasteiger partial charge is 0.410 e. The Labute approximate surface area is 242 Å². The maximum Gasteiger partial charge on any atom is 0.410 e. The molecular weight excluding hydrogens is 544 g/mol. The van der Waals surface area contributed by atoms with Gasteiger partial charge in [-0.15, -0.1) is 0 Å². The van der Waals surface area contributed by atoms with Crippen LogP contribution in [0.5, 0.6) is 0 Å². The van der Waals surface area contributed by atoms with Crippen LogP contribution in [0.15, 0.2) is 40.9 Å². The first kappa shape index (κ1) is 27.9. The molecule has 2 saturated heterocycles. The first-order chi connectivity index (χ1) is 19.9. The van der Waals surface area contributed by atoms with Crippen molar-refractivity contribution >= 4 is 28.7 Å². The lowest BCUT2D eigenvalue weighted by molar-refractivity contribution is -0.117. The molecule has 2 unspecified atom stereocenters. The fourth-order valence-corrected chi connectivity index (χ4v) is 6.12. The fraction of sp³-hybridized carbons (Fsp3) is 0.419. The van der Waals surface area contributed by atoms with Crippen molar-refractivity contribution in [3.63, 3.8) is 0 Å². The second-order valence-corrected chi connectivity index (χ2v) is 12.0. The Balaban J connectivity index is 1.45. The molecule has 220 valence electrons. The third-order valence-corrected chi connectivity index (χ3v) is 7.91. The van der Waals surface area contributed by atoms with Gasteiger partial charge in [0.15, 0.2) is 11.6 Å². The Hall–Kier alpha value is -4.28. The number of imidazole rings is 1. The van der Waals surface area contributed by atoms with Crippen LogP contribution in [-0.2, 0) is 9.53 Å². The van der Waals surface area contributed by atoms with Gasteiger partial charge in [-0.25, -0.2) is 18.6 Å². The molecule has 0 saturated carbocycles. The molecule has 2 amide bonds. The number of rotatable bonds is 4. The number of carbonyl (C=O) groups excluding carboxylic acids is 2. The predicted octanol–water partition coefficient (Wildman–Crippen LogP) is 6.64. The molecule has 0 aliphatic carbocycles. The van der Waals surface area contributed by atoms with Gasteiger partial charge >= 0.3 is 6.09 Å². The van der Waals surface area contributed by atoms with E-state index in [1.807, 2.05) is 52.8 Å². The molecule has 0 radical (unpaired) electrons. The van der Waals surface area contributed by atoms with Gasteiger partial charge in [0.25, 0.3) is 0 Å². The van der Waals surface area contributed by atoms with Crippen molar-refractivity contribution in [2.75, 3.05) is 18.0 Å². The SMILES string of the molecule is Cc1noc(C)c1-c1ccc2c(c1)nc(C1CCC(=O)N1c1ccc(F)c(F)c1)n2C1CCN(C(=O)OC(C)(C)C)C1. The number of aryl methyl sites for hydroxylation is 2. The number of hydrogen-bond acceptors (Lipinski definition) is 6. The molecule has 6 rings (SSSR count). The molecule has 2 fully saturated rings. The zero-order chi connectivity index (χ0) is 29.9. The molecule has 2 aromatic heterocycles. The highest BCUT2D eigenvalue weighted by atomic mass is 19.2. The Morgan fingerprint density at radius 2 is 1.86 bits per heavy atom. The number of carbonyl (C=O) groups is 2. The lowest BCUT2D eigenvalue weighted by Gasteiger charge is -2.28. The van der Waals surface area contributed by atoms with Crippen molar-refractivity contribution in [2.45, 2.75) is 71.6 Å². The van der Waals surface area contributed by atoms with Crippen molar-refractivity contribution in [2.24, 2.45) is 0 Å². The van der Waals surface area contributed by atoms with Gasteiger partial charge in [-0.2, -0.15) is 0 Å². The average molecular weight is 578 g/mol. The maximum absolute atomic E-state index is 14.3. The molecule has 0 bridgehead atoms. The summed E-state index contributed by atoms with van der Waals surface area (Å²) in [5, 5.41) is 4.09. The van der Waals surface area contributed by atoms with E-state index in [1.165, 1.54) is 11.0 Å². The van der Waals surface area contributed by atoms with Crippen LogP contribution in [-0.4, -0.2) is 50.3 Å². The van der Waals surface area contributed by atoms with Gasteiger partial charge in [0.05, 0.1) is 28.8 Å². The molecule has 0 spiro atoms. The minimum atomic E-state index is -1.02. The van der Waals surface area contributed by atoms with Crippen LogP contribution >= 0.6 is 0 Å². The lowest BCUT2D eigenvalue weighted by Crippen LogP contribution is -2.35. The summed E-state index contributed by atoms with van der Waals surface area (Å²) >= 11 is 0. The molecule has 9 nitrogen and oxygen atoms in total. The molecule has 0 N–H and O–H groups in total. The van der Waals surface area contributed by atoms with Crippen LogP contribution in [0.25, 0.3) is 22.2 Å². The van der Waals surface area contributed by atoms with Gasteiger partial charge in [0.2, 0.25) is 5.91 Å². The van der Waals surface area contributed by atoms with Gasteiger partial charge in [0, 0.05) is 36.8 Å². The molecule has 2 atom stereocenters. The Morgan fingerprint density at radius 1 is 1.07 bits per heavy atom. The van der Waals surface area contributed by atoms with Crippen LogP contribution in [0.4, 0.5) is 19.3 Å². The van der Waals surface area contributed by atoms with E-state index in [0.29, 0.717) is 43.0 Å². The number of ether oxygens (including phenoxy) is 1. The van der Waals surface area contributed by atoms with Gasteiger partial charge < -0.3 is 23.6 Å². The number of anilines is 1. The summed E-state index contributed by atoms with van der Waals surface area (Å²) in [5.74, 6) is -0.863. The largest absolute Gasteiger partial charge is 0.444 e. The zero-order valence-electron chi connectivity index (χ0n) is 24.3. The topological polar surface area (TPSA) is 93.7 Å². The van der Waals surface area contributed by atoms with Crippen LogP contribution in [0, 0.1) is 25.5 Å². The quantitative estimate of drug-likeness (QED) is 0.270. The van der Waals surface area contributed by atoms with Crippen molar-refractivity contribution in [1.29, 1.82) is 0 Å². The van der Waals surface area contributed by atoms with E-state index in [9.17, 15) is 18.4 Å². The molecule has 4 aromatic rings. The summed E-state index contributed by atoms with van der Waals surface area (Å²) < 4.78 is 41.2. The molecular formula is C31H33F2N5O4. The van der Waals surface area contributed by atoms with E-state index in [1.54, 1.807) is 4.90 Å². The number of amides is 2.